The lowest BCUT2D eigenvalue weighted by atomic mass is 10.0. The number of aryl methyl sites for hydroxylation is 1. The van der Waals surface area contributed by atoms with Crippen molar-refractivity contribution in [1.82, 2.24) is 20.0 Å². The summed E-state index contributed by atoms with van der Waals surface area (Å²) in [6, 6.07) is 6.41. The second-order valence-electron chi connectivity index (χ2n) is 7.24. The van der Waals surface area contributed by atoms with Crippen molar-refractivity contribution in [2.75, 3.05) is 19.6 Å². The van der Waals surface area contributed by atoms with E-state index in [1.807, 2.05) is 6.92 Å². The number of nitrogens with zero attached hydrogens (tertiary/aromatic N) is 3. The largest absolute Gasteiger partial charge is 0.434 e. The summed E-state index contributed by atoms with van der Waals surface area (Å²) in [6.07, 6.45) is -1.16. The number of alkyl halides is 3. The molecule has 2 heterocycles. The maximum absolute atomic E-state index is 13.7. The van der Waals surface area contributed by atoms with E-state index < -0.39 is 23.3 Å². The van der Waals surface area contributed by atoms with Crippen LogP contribution in [0.3, 0.4) is 0 Å². The van der Waals surface area contributed by atoms with Crippen LogP contribution in [0.1, 0.15) is 47.8 Å². The highest BCUT2D eigenvalue weighted by molar-refractivity contribution is 5.95. The summed E-state index contributed by atoms with van der Waals surface area (Å²) in [5.74, 6) is -0.723. The number of carbonyl (C=O) groups excluding carboxylic acids is 1. The zero-order valence-corrected chi connectivity index (χ0v) is 16.1. The summed E-state index contributed by atoms with van der Waals surface area (Å²) >= 11 is 0. The Morgan fingerprint density at radius 2 is 1.86 bits per heavy atom. The molecule has 0 radical (unpaired) electrons. The van der Waals surface area contributed by atoms with Crippen molar-refractivity contribution in [1.29, 1.82) is 0 Å². The number of hydrogen-bond acceptors (Lipinski definition) is 3. The van der Waals surface area contributed by atoms with Crippen LogP contribution in [0.15, 0.2) is 30.5 Å². The first-order valence-electron chi connectivity index (χ1n) is 9.55. The second-order valence-corrected chi connectivity index (χ2v) is 7.24. The van der Waals surface area contributed by atoms with Gasteiger partial charge in [0, 0.05) is 19.1 Å². The lowest BCUT2D eigenvalue weighted by Crippen LogP contribution is -2.45. The smallest absolute Gasteiger partial charge is 0.349 e. The van der Waals surface area contributed by atoms with Gasteiger partial charge in [-0.25, -0.2) is 4.68 Å². The van der Waals surface area contributed by atoms with Gasteiger partial charge < -0.3 is 10.2 Å². The molecule has 152 valence electrons. The third-order valence-corrected chi connectivity index (χ3v) is 5.02. The number of carbonyl (C=O) groups is 1. The number of nitrogens with one attached hydrogen (secondary N) is 1. The van der Waals surface area contributed by atoms with Crippen molar-refractivity contribution >= 4 is 5.91 Å². The lowest BCUT2D eigenvalue weighted by Gasteiger charge is -2.32. The molecule has 3 rings (SSSR count). The molecule has 1 aliphatic heterocycles. The normalized spacial score (nSPS) is 16.3. The van der Waals surface area contributed by atoms with E-state index in [0.717, 1.165) is 55.3 Å². The maximum Gasteiger partial charge on any atom is 0.434 e. The first kappa shape index (κ1) is 20.4. The van der Waals surface area contributed by atoms with Crippen LogP contribution < -0.4 is 5.32 Å². The highest BCUT2D eigenvalue weighted by Gasteiger charge is 2.41. The minimum absolute atomic E-state index is 0.121. The Labute approximate surface area is 162 Å². The van der Waals surface area contributed by atoms with Crippen molar-refractivity contribution in [2.24, 2.45) is 0 Å². The van der Waals surface area contributed by atoms with Crippen LogP contribution >= 0.6 is 0 Å². The molecule has 28 heavy (non-hydrogen) atoms. The van der Waals surface area contributed by atoms with Crippen molar-refractivity contribution in [2.45, 2.75) is 45.3 Å². The Morgan fingerprint density at radius 1 is 1.21 bits per heavy atom. The van der Waals surface area contributed by atoms with Crippen LogP contribution in [-0.2, 0) is 6.18 Å². The fourth-order valence-corrected chi connectivity index (χ4v) is 3.55. The Bertz CT molecular complexity index is 806. The van der Waals surface area contributed by atoms with E-state index >= 15 is 0 Å². The van der Waals surface area contributed by atoms with Crippen LogP contribution in [0, 0.1) is 6.92 Å². The minimum atomic E-state index is -4.70. The molecular formula is C20H25F3N4O. The van der Waals surface area contributed by atoms with E-state index in [9.17, 15) is 18.0 Å². The summed E-state index contributed by atoms with van der Waals surface area (Å²) in [5, 5.41) is 6.63. The monoisotopic (exact) mass is 394 g/mol. The highest BCUT2D eigenvalue weighted by Crippen LogP contribution is 2.33. The van der Waals surface area contributed by atoms with Crippen LogP contribution in [-0.4, -0.2) is 46.3 Å². The number of benzene rings is 1. The molecule has 1 aromatic heterocycles. The molecule has 0 aliphatic carbocycles. The molecule has 1 aromatic carbocycles. The third kappa shape index (κ3) is 4.55. The van der Waals surface area contributed by atoms with E-state index in [2.05, 4.69) is 22.2 Å². The molecule has 0 unspecified atom stereocenters. The minimum Gasteiger partial charge on any atom is -0.349 e. The Balaban J connectivity index is 1.80. The lowest BCUT2D eigenvalue weighted by molar-refractivity contribution is -0.143. The van der Waals surface area contributed by atoms with E-state index in [0.29, 0.717) is 0 Å². The van der Waals surface area contributed by atoms with Crippen LogP contribution in [0.5, 0.6) is 0 Å². The molecule has 5 nitrogen and oxygen atoms in total. The molecule has 1 saturated heterocycles. The van der Waals surface area contributed by atoms with Gasteiger partial charge in [0.15, 0.2) is 5.69 Å². The van der Waals surface area contributed by atoms with E-state index in [4.69, 9.17) is 0 Å². The Kier molecular flexibility index (Phi) is 6.07. The number of halogens is 3. The quantitative estimate of drug-likeness (QED) is 0.839. The van der Waals surface area contributed by atoms with E-state index in [1.165, 1.54) is 0 Å². The zero-order chi connectivity index (χ0) is 20.3. The first-order chi connectivity index (χ1) is 13.3. The predicted molar refractivity (Wildman–Crippen MR) is 101 cm³/mol. The van der Waals surface area contributed by atoms with Gasteiger partial charge in [-0.15, -0.1) is 0 Å². The van der Waals surface area contributed by atoms with Crippen LogP contribution in [0.2, 0.25) is 0 Å². The molecule has 1 amide bonds. The zero-order valence-electron chi connectivity index (χ0n) is 16.1. The average Bonchev–Trinajstić information content (AvgIpc) is 3.10. The fraction of sp³-hybridized carbons (Fsp3) is 0.500. The maximum atomic E-state index is 13.7. The first-order valence-corrected chi connectivity index (χ1v) is 9.55. The summed E-state index contributed by atoms with van der Waals surface area (Å²) in [7, 11) is 0. The number of hydrogen-bond donors (Lipinski definition) is 1. The highest BCUT2D eigenvalue weighted by atomic mass is 19.4. The molecule has 0 atom stereocenters. The number of aromatic nitrogens is 2. The Hall–Kier alpha value is -2.35. The van der Waals surface area contributed by atoms with Crippen molar-refractivity contribution < 1.29 is 18.0 Å². The summed E-state index contributed by atoms with van der Waals surface area (Å²) in [5.41, 5.74) is -0.289. The van der Waals surface area contributed by atoms with E-state index in [-0.39, 0.29) is 11.7 Å². The second kappa shape index (κ2) is 8.34. The van der Waals surface area contributed by atoms with Gasteiger partial charge in [-0.2, -0.15) is 18.3 Å². The molecule has 2 aromatic rings. The molecule has 0 saturated carbocycles. The van der Waals surface area contributed by atoms with Crippen molar-refractivity contribution in [3.8, 4) is 5.69 Å². The van der Waals surface area contributed by atoms with Gasteiger partial charge >= 0.3 is 6.18 Å². The average molecular weight is 394 g/mol. The Morgan fingerprint density at radius 3 is 2.43 bits per heavy atom. The summed E-state index contributed by atoms with van der Waals surface area (Å²) in [6.45, 7) is 6.64. The molecular weight excluding hydrogens is 369 g/mol. The molecule has 1 fully saturated rings. The summed E-state index contributed by atoms with van der Waals surface area (Å²) in [4.78, 5) is 14.9. The third-order valence-electron chi connectivity index (χ3n) is 5.02. The SMILES string of the molecule is CCCN1CCC(NC(=O)c2cnn(-c3ccc(C)cc3)c2C(F)(F)F)CC1. The number of likely N-dealkylation sites (tertiary alicyclic amines) is 1. The van der Waals surface area contributed by atoms with Gasteiger partial charge in [0.1, 0.15) is 0 Å². The van der Waals surface area contributed by atoms with E-state index in [1.54, 1.807) is 24.3 Å². The van der Waals surface area contributed by atoms with Gasteiger partial charge in [0.2, 0.25) is 0 Å². The van der Waals surface area contributed by atoms with Gasteiger partial charge in [0.25, 0.3) is 5.91 Å². The molecule has 8 heteroatoms. The molecule has 1 N–H and O–H groups in total. The number of rotatable bonds is 5. The van der Waals surface area contributed by atoms with Crippen LogP contribution in [0.25, 0.3) is 5.69 Å². The number of amides is 1. The summed E-state index contributed by atoms with van der Waals surface area (Å²) < 4.78 is 42.0. The van der Waals surface area contributed by atoms with Gasteiger partial charge in [0.05, 0.1) is 17.4 Å². The van der Waals surface area contributed by atoms with Gasteiger partial charge in [-0.1, -0.05) is 24.6 Å². The molecule has 0 spiro atoms. The molecule has 1 aliphatic rings. The predicted octanol–water partition coefficient (Wildman–Crippen LogP) is 3.80. The van der Waals surface area contributed by atoms with Crippen LogP contribution in [0.4, 0.5) is 13.2 Å². The van der Waals surface area contributed by atoms with Crippen molar-refractivity contribution in [3.63, 3.8) is 0 Å². The van der Waals surface area contributed by atoms with Gasteiger partial charge in [-0.05, 0) is 44.9 Å². The standard InChI is InChI=1S/C20H25F3N4O/c1-3-10-26-11-8-15(9-12-26)25-19(28)17-13-24-27(18(17)20(21,22)23)16-6-4-14(2)5-7-16/h4-7,13,15H,3,8-12H2,1-2H3,(H,25,28). The van der Waals surface area contributed by atoms with Crippen molar-refractivity contribution in [3.05, 3.63) is 47.3 Å². The number of piperidine rings is 1. The van der Waals surface area contributed by atoms with Gasteiger partial charge in [-0.3, -0.25) is 4.79 Å². The molecule has 0 bridgehead atoms. The fourth-order valence-electron chi connectivity index (χ4n) is 3.55. The topological polar surface area (TPSA) is 50.2 Å².